The van der Waals surface area contributed by atoms with Crippen LogP contribution in [0.2, 0.25) is 0 Å². The first-order valence-corrected chi connectivity index (χ1v) is 7.19. The smallest absolute Gasteiger partial charge is 0.496 e. The highest BCUT2D eigenvalue weighted by atomic mass is 19.4. The standard InChI is InChI=1S/C15H20F3NO3/c1-21-12-7-6-10(22-15(16,17)18)8-11(12)13(19)14(20)9-4-2-3-5-9/h6-9,13-14,20H,2-5,19H2,1H3/t13-,14+/m1/s1. The molecular formula is C15H20F3NO3. The summed E-state index contributed by atoms with van der Waals surface area (Å²) in [5.41, 5.74) is 6.37. The molecule has 0 amide bonds. The van der Waals surface area contributed by atoms with E-state index < -0.39 is 18.5 Å². The monoisotopic (exact) mass is 319 g/mol. The number of methoxy groups -OCH3 is 1. The summed E-state index contributed by atoms with van der Waals surface area (Å²) in [5.74, 6) is 0.0170. The molecule has 4 nitrogen and oxygen atoms in total. The summed E-state index contributed by atoms with van der Waals surface area (Å²) in [6.45, 7) is 0. The second kappa shape index (κ2) is 6.75. The van der Waals surface area contributed by atoms with E-state index in [4.69, 9.17) is 10.5 Å². The van der Waals surface area contributed by atoms with E-state index in [1.807, 2.05) is 0 Å². The van der Waals surface area contributed by atoms with Crippen LogP contribution in [0.3, 0.4) is 0 Å². The van der Waals surface area contributed by atoms with Gasteiger partial charge in [0.1, 0.15) is 11.5 Å². The zero-order valence-electron chi connectivity index (χ0n) is 12.3. The highest BCUT2D eigenvalue weighted by molar-refractivity contribution is 5.42. The van der Waals surface area contributed by atoms with Crippen LogP contribution in [0, 0.1) is 5.92 Å². The molecule has 0 heterocycles. The lowest BCUT2D eigenvalue weighted by Gasteiger charge is -2.26. The fourth-order valence-corrected chi connectivity index (χ4v) is 2.95. The van der Waals surface area contributed by atoms with Crippen molar-refractivity contribution in [1.29, 1.82) is 0 Å². The number of halogens is 3. The maximum Gasteiger partial charge on any atom is 0.573 e. The zero-order chi connectivity index (χ0) is 16.3. The highest BCUT2D eigenvalue weighted by Crippen LogP contribution is 2.37. The lowest BCUT2D eigenvalue weighted by Crippen LogP contribution is -2.32. The number of rotatable bonds is 5. The number of ether oxygens (including phenoxy) is 2. The predicted molar refractivity (Wildman–Crippen MR) is 74.6 cm³/mol. The summed E-state index contributed by atoms with van der Waals surface area (Å²) in [6, 6.07) is 2.87. The number of alkyl halides is 3. The SMILES string of the molecule is COc1ccc(OC(F)(F)F)cc1[C@@H](N)[C@@H](O)C1CCCC1. The van der Waals surface area contributed by atoms with Crippen molar-refractivity contribution < 1.29 is 27.8 Å². The van der Waals surface area contributed by atoms with Crippen molar-refractivity contribution in [2.75, 3.05) is 7.11 Å². The van der Waals surface area contributed by atoms with Gasteiger partial charge in [-0.1, -0.05) is 12.8 Å². The minimum absolute atomic E-state index is 0.0619. The maximum atomic E-state index is 12.3. The molecular weight excluding hydrogens is 299 g/mol. The first kappa shape index (κ1) is 16.9. The van der Waals surface area contributed by atoms with E-state index in [1.165, 1.54) is 19.2 Å². The Labute approximate surface area is 127 Å². The second-order valence-corrected chi connectivity index (χ2v) is 5.51. The molecule has 1 aromatic carbocycles. The summed E-state index contributed by atoms with van der Waals surface area (Å²) < 4.78 is 46.0. The van der Waals surface area contributed by atoms with Crippen LogP contribution >= 0.6 is 0 Å². The molecule has 1 aliphatic carbocycles. The Morgan fingerprint density at radius 3 is 2.45 bits per heavy atom. The van der Waals surface area contributed by atoms with E-state index in [-0.39, 0.29) is 11.7 Å². The molecule has 1 saturated carbocycles. The lowest BCUT2D eigenvalue weighted by atomic mass is 9.90. The van der Waals surface area contributed by atoms with Gasteiger partial charge in [-0.2, -0.15) is 0 Å². The van der Waals surface area contributed by atoms with Gasteiger partial charge in [-0.15, -0.1) is 13.2 Å². The Morgan fingerprint density at radius 1 is 1.27 bits per heavy atom. The van der Waals surface area contributed by atoms with Crippen molar-refractivity contribution in [3.05, 3.63) is 23.8 Å². The quantitative estimate of drug-likeness (QED) is 0.875. The van der Waals surface area contributed by atoms with Crippen LogP contribution in [-0.2, 0) is 0 Å². The average molecular weight is 319 g/mol. The number of aliphatic hydroxyl groups excluding tert-OH is 1. The van der Waals surface area contributed by atoms with Crippen molar-refractivity contribution in [2.45, 2.75) is 44.2 Å². The molecule has 124 valence electrons. The van der Waals surface area contributed by atoms with E-state index in [0.29, 0.717) is 11.3 Å². The van der Waals surface area contributed by atoms with Crippen molar-refractivity contribution in [3.8, 4) is 11.5 Å². The molecule has 0 bridgehead atoms. The van der Waals surface area contributed by atoms with Crippen LogP contribution in [0.5, 0.6) is 11.5 Å². The number of nitrogens with two attached hydrogens (primary N) is 1. The largest absolute Gasteiger partial charge is 0.573 e. The third kappa shape index (κ3) is 4.04. The number of benzene rings is 1. The molecule has 22 heavy (non-hydrogen) atoms. The third-order valence-corrected chi connectivity index (χ3v) is 4.04. The molecule has 7 heteroatoms. The first-order chi connectivity index (χ1) is 10.3. The Bertz CT molecular complexity index is 501. The molecule has 0 aromatic heterocycles. The van der Waals surface area contributed by atoms with Crippen molar-refractivity contribution in [2.24, 2.45) is 11.7 Å². The van der Waals surface area contributed by atoms with Gasteiger partial charge < -0.3 is 20.3 Å². The highest BCUT2D eigenvalue weighted by Gasteiger charge is 2.33. The number of hydrogen-bond donors (Lipinski definition) is 2. The Hall–Kier alpha value is -1.47. The molecule has 0 unspecified atom stereocenters. The van der Waals surface area contributed by atoms with Gasteiger partial charge in [-0.3, -0.25) is 0 Å². The molecule has 2 atom stereocenters. The maximum absolute atomic E-state index is 12.3. The molecule has 0 radical (unpaired) electrons. The molecule has 0 spiro atoms. The summed E-state index contributed by atoms with van der Waals surface area (Å²) >= 11 is 0. The topological polar surface area (TPSA) is 64.7 Å². The van der Waals surface area contributed by atoms with Crippen LogP contribution in [0.25, 0.3) is 0 Å². The fraction of sp³-hybridized carbons (Fsp3) is 0.600. The molecule has 1 aromatic rings. The Kier molecular flexibility index (Phi) is 5.18. The molecule has 0 aliphatic heterocycles. The third-order valence-electron chi connectivity index (χ3n) is 4.04. The van der Waals surface area contributed by atoms with E-state index in [9.17, 15) is 18.3 Å². The van der Waals surface area contributed by atoms with Crippen molar-refractivity contribution >= 4 is 0 Å². The van der Waals surface area contributed by atoms with Crippen molar-refractivity contribution in [1.82, 2.24) is 0 Å². The Balaban J connectivity index is 2.24. The van der Waals surface area contributed by atoms with Gasteiger partial charge in [0.15, 0.2) is 0 Å². The number of aliphatic hydroxyl groups is 1. The van der Waals surface area contributed by atoms with E-state index in [1.54, 1.807) is 0 Å². The van der Waals surface area contributed by atoms with Gasteiger partial charge in [0.2, 0.25) is 0 Å². The van der Waals surface area contributed by atoms with E-state index in [2.05, 4.69) is 4.74 Å². The first-order valence-electron chi connectivity index (χ1n) is 7.19. The van der Waals surface area contributed by atoms with E-state index in [0.717, 1.165) is 31.7 Å². The minimum Gasteiger partial charge on any atom is -0.496 e. The van der Waals surface area contributed by atoms with Crippen LogP contribution in [0.1, 0.15) is 37.3 Å². The normalized spacial score (nSPS) is 19.0. The predicted octanol–water partition coefficient (Wildman–Crippen LogP) is 3.14. The van der Waals surface area contributed by atoms with Crippen LogP contribution in [0.15, 0.2) is 18.2 Å². The molecule has 1 aliphatic rings. The van der Waals surface area contributed by atoms with Gasteiger partial charge in [-0.25, -0.2) is 0 Å². The van der Waals surface area contributed by atoms with Gasteiger partial charge in [0, 0.05) is 5.56 Å². The average Bonchev–Trinajstić information content (AvgIpc) is 2.98. The summed E-state index contributed by atoms with van der Waals surface area (Å²) in [5, 5.41) is 10.4. The summed E-state index contributed by atoms with van der Waals surface area (Å²) in [7, 11) is 1.40. The van der Waals surface area contributed by atoms with Gasteiger partial charge in [0.05, 0.1) is 19.3 Å². The van der Waals surface area contributed by atoms with Crippen LogP contribution < -0.4 is 15.2 Å². The van der Waals surface area contributed by atoms with Gasteiger partial charge in [-0.05, 0) is 37.0 Å². The Morgan fingerprint density at radius 2 is 1.91 bits per heavy atom. The molecule has 0 saturated heterocycles. The van der Waals surface area contributed by atoms with Crippen LogP contribution in [-0.4, -0.2) is 24.7 Å². The lowest BCUT2D eigenvalue weighted by molar-refractivity contribution is -0.274. The summed E-state index contributed by atoms with van der Waals surface area (Å²) in [4.78, 5) is 0. The van der Waals surface area contributed by atoms with E-state index >= 15 is 0 Å². The minimum atomic E-state index is -4.78. The zero-order valence-corrected chi connectivity index (χ0v) is 12.3. The van der Waals surface area contributed by atoms with Gasteiger partial charge >= 0.3 is 6.36 Å². The van der Waals surface area contributed by atoms with Crippen molar-refractivity contribution in [3.63, 3.8) is 0 Å². The fourth-order valence-electron chi connectivity index (χ4n) is 2.95. The summed E-state index contributed by atoms with van der Waals surface area (Å²) in [6.07, 6.45) is -1.80. The van der Waals surface area contributed by atoms with Crippen LogP contribution in [0.4, 0.5) is 13.2 Å². The number of hydrogen-bond acceptors (Lipinski definition) is 4. The molecule has 1 fully saturated rings. The molecule has 2 rings (SSSR count). The second-order valence-electron chi connectivity index (χ2n) is 5.51. The molecule has 3 N–H and O–H groups in total. The van der Waals surface area contributed by atoms with Gasteiger partial charge in [0.25, 0.3) is 0 Å².